The molecule has 0 aliphatic rings. The molecular formula is C15H14Cl2N2S. The van der Waals surface area contributed by atoms with Gasteiger partial charge in [-0.3, -0.25) is 0 Å². The predicted molar refractivity (Wildman–Crippen MR) is 90.8 cm³/mol. The number of rotatable bonds is 4. The van der Waals surface area contributed by atoms with E-state index in [2.05, 4.69) is 10.6 Å². The molecule has 2 nitrogen and oxygen atoms in total. The first-order chi connectivity index (χ1) is 9.63. The van der Waals surface area contributed by atoms with Crippen LogP contribution in [0.3, 0.4) is 0 Å². The standard InChI is InChI=1S/C15H14Cl2N2S/c16-12-3-1-11(2-4-12)9-10-18-15(20)19-14-7-5-13(17)6-8-14/h1-8H,9-10H2,(H2,18,19,20). The average Bonchev–Trinajstić information content (AvgIpc) is 2.44. The Kier molecular flexibility index (Phi) is 5.65. The van der Waals surface area contributed by atoms with Gasteiger partial charge >= 0.3 is 0 Å². The van der Waals surface area contributed by atoms with Crippen LogP contribution in [0.1, 0.15) is 5.56 Å². The van der Waals surface area contributed by atoms with E-state index < -0.39 is 0 Å². The quantitative estimate of drug-likeness (QED) is 0.808. The largest absolute Gasteiger partial charge is 0.362 e. The minimum atomic E-state index is 0.598. The van der Waals surface area contributed by atoms with Crippen LogP contribution in [0.4, 0.5) is 5.69 Å². The smallest absolute Gasteiger partial charge is 0.170 e. The fraction of sp³-hybridized carbons (Fsp3) is 0.133. The first-order valence-corrected chi connectivity index (χ1v) is 7.35. The summed E-state index contributed by atoms with van der Waals surface area (Å²) in [6.07, 6.45) is 0.888. The summed E-state index contributed by atoms with van der Waals surface area (Å²) in [6.45, 7) is 0.765. The van der Waals surface area contributed by atoms with E-state index in [0.717, 1.165) is 23.7 Å². The van der Waals surface area contributed by atoms with Crippen LogP contribution >= 0.6 is 35.4 Å². The Morgan fingerprint density at radius 3 is 2.05 bits per heavy atom. The van der Waals surface area contributed by atoms with Crippen LogP contribution in [0.2, 0.25) is 10.0 Å². The van der Waals surface area contributed by atoms with Crippen LogP contribution in [-0.2, 0) is 6.42 Å². The lowest BCUT2D eigenvalue weighted by Gasteiger charge is -2.10. The molecule has 0 aromatic heterocycles. The van der Waals surface area contributed by atoms with Crippen molar-refractivity contribution in [3.8, 4) is 0 Å². The molecule has 0 amide bonds. The second kappa shape index (κ2) is 7.48. The molecule has 0 saturated carbocycles. The SMILES string of the molecule is S=C(NCCc1ccc(Cl)cc1)Nc1ccc(Cl)cc1. The lowest BCUT2D eigenvalue weighted by Crippen LogP contribution is -2.30. The number of benzene rings is 2. The molecule has 2 rings (SSSR count). The molecule has 0 spiro atoms. The van der Waals surface area contributed by atoms with Gasteiger partial charge in [0, 0.05) is 22.3 Å². The monoisotopic (exact) mass is 324 g/mol. The topological polar surface area (TPSA) is 24.1 Å². The zero-order chi connectivity index (χ0) is 14.4. The summed E-state index contributed by atoms with van der Waals surface area (Å²) in [5.41, 5.74) is 2.13. The van der Waals surface area contributed by atoms with Crippen molar-refractivity contribution in [3.63, 3.8) is 0 Å². The molecule has 0 bridgehead atoms. The minimum Gasteiger partial charge on any atom is -0.362 e. The molecule has 0 aliphatic heterocycles. The number of halogens is 2. The predicted octanol–water partition coefficient (Wildman–Crippen LogP) is 4.52. The van der Waals surface area contributed by atoms with Crippen LogP contribution < -0.4 is 10.6 Å². The molecular weight excluding hydrogens is 311 g/mol. The second-order valence-electron chi connectivity index (χ2n) is 4.26. The van der Waals surface area contributed by atoms with Crippen LogP contribution in [0, 0.1) is 0 Å². The molecule has 0 saturated heterocycles. The lowest BCUT2D eigenvalue weighted by atomic mass is 10.1. The van der Waals surface area contributed by atoms with E-state index in [1.54, 1.807) is 0 Å². The van der Waals surface area contributed by atoms with Crippen LogP contribution in [-0.4, -0.2) is 11.7 Å². The fourth-order valence-electron chi connectivity index (χ4n) is 1.68. The van der Waals surface area contributed by atoms with Gasteiger partial charge < -0.3 is 10.6 Å². The summed E-state index contributed by atoms with van der Waals surface area (Å²) >= 11 is 16.9. The van der Waals surface area contributed by atoms with E-state index in [1.807, 2.05) is 48.5 Å². The van der Waals surface area contributed by atoms with Gasteiger partial charge in [0.05, 0.1) is 0 Å². The summed E-state index contributed by atoms with van der Waals surface area (Å²) in [5.74, 6) is 0. The molecule has 2 aromatic carbocycles. The molecule has 0 fully saturated rings. The Morgan fingerprint density at radius 2 is 1.45 bits per heavy atom. The Hall–Kier alpha value is -1.29. The van der Waals surface area contributed by atoms with E-state index in [4.69, 9.17) is 35.4 Å². The molecule has 0 radical (unpaired) electrons. The lowest BCUT2D eigenvalue weighted by molar-refractivity contribution is 0.873. The number of anilines is 1. The highest BCUT2D eigenvalue weighted by atomic mass is 35.5. The van der Waals surface area contributed by atoms with E-state index in [0.29, 0.717) is 10.1 Å². The van der Waals surface area contributed by atoms with Gasteiger partial charge in [0.15, 0.2) is 5.11 Å². The van der Waals surface area contributed by atoms with Gasteiger partial charge in [0.2, 0.25) is 0 Å². The third kappa shape index (κ3) is 5.00. The van der Waals surface area contributed by atoms with Crippen LogP contribution in [0.5, 0.6) is 0 Å². The zero-order valence-electron chi connectivity index (χ0n) is 10.7. The Balaban J connectivity index is 1.75. The summed E-state index contributed by atoms with van der Waals surface area (Å²) in [5, 5.41) is 8.32. The van der Waals surface area contributed by atoms with Crippen molar-refractivity contribution in [3.05, 3.63) is 64.1 Å². The average molecular weight is 325 g/mol. The van der Waals surface area contributed by atoms with Crippen molar-refractivity contribution in [1.29, 1.82) is 0 Å². The number of thiocarbonyl (C=S) groups is 1. The molecule has 20 heavy (non-hydrogen) atoms. The molecule has 0 atom stereocenters. The Morgan fingerprint density at radius 1 is 0.900 bits per heavy atom. The van der Waals surface area contributed by atoms with Gasteiger partial charge in [-0.25, -0.2) is 0 Å². The maximum absolute atomic E-state index is 5.84. The molecule has 0 unspecified atom stereocenters. The number of nitrogens with one attached hydrogen (secondary N) is 2. The third-order valence-corrected chi connectivity index (χ3v) is 3.46. The molecule has 2 N–H and O–H groups in total. The summed E-state index contributed by atoms with van der Waals surface area (Å²) < 4.78 is 0. The number of hydrogen-bond donors (Lipinski definition) is 2. The van der Waals surface area contributed by atoms with Crippen molar-refractivity contribution >= 4 is 46.2 Å². The van der Waals surface area contributed by atoms with Crippen LogP contribution in [0.15, 0.2) is 48.5 Å². The van der Waals surface area contributed by atoms with Crippen LogP contribution in [0.25, 0.3) is 0 Å². The normalized spacial score (nSPS) is 10.1. The Bertz CT molecular complexity index is 567. The third-order valence-electron chi connectivity index (χ3n) is 2.71. The minimum absolute atomic E-state index is 0.598. The van der Waals surface area contributed by atoms with E-state index in [9.17, 15) is 0 Å². The summed E-state index contributed by atoms with van der Waals surface area (Å²) in [6, 6.07) is 15.2. The van der Waals surface area contributed by atoms with E-state index in [1.165, 1.54) is 5.56 Å². The van der Waals surface area contributed by atoms with Crippen molar-refractivity contribution in [2.75, 3.05) is 11.9 Å². The van der Waals surface area contributed by atoms with Gasteiger partial charge in [0.25, 0.3) is 0 Å². The van der Waals surface area contributed by atoms with Crippen molar-refractivity contribution < 1.29 is 0 Å². The van der Waals surface area contributed by atoms with Gasteiger partial charge in [-0.05, 0) is 60.6 Å². The van der Waals surface area contributed by atoms with Gasteiger partial charge in [-0.2, -0.15) is 0 Å². The number of hydrogen-bond acceptors (Lipinski definition) is 1. The van der Waals surface area contributed by atoms with Gasteiger partial charge in [-0.1, -0.05) is 35.3 Å². The van der Waals surface area contributed by atoms with Crippen molar-refractivity contribution in [2.45, 2.75) is 6.42 Å². The first kappa shape index (κ1) is 15.1. The first-order valence-electron chi connectivity index (χ1n) is 6.18. The summed E-state index contributed by atoms with van der Waals surface area (Å²) in [4.78, 5) is 0. The molecule has 2 aromatic rings. The van der Waals surface area contributed by atoms with Crippen molar-refractivity contribution in [1.82, 2.24) is 5.32 Å². The fourth-order valence-corrected chi connectivity index (χ4v) is 2.15. The summed E-state index contributed by atoms with van der Waals surface area (Å²) in [7, 11) is 0. The highest BCUT2D eigenvalue weighted by Crippen LogP contribution is 2.13. The molecule has 0 heterocycles. The van der Waals surface area contributed by atoms with Gasteiger partial charge in [0.1, 0.15) is 0 Å². The van der Waals surface area contributed by atoms with E-state index in [-0.39, 0.29) is 0 Å². The molecule has 0 aliphatic carbocycles. The maximum atomic E-state index is 5.84. The van der Waals surface area contributed by atoms with Crippen molar-refractivity contribution in [2.24, 2.45) is 0 Å². The Labute approximate surface area is 134 Å². The van der Waals surface area contributed by atoms with E-state index >= 15 is 0 Å². The van der Waals surface area contributed by atoms with Gasteiger partial charge in [-0.15, -0.1) is 0 Å². The zero-order valence-corrected chi connectivity index (χ0v) is 13.0. The maximum Gasteiger partial charge on any atom is 0.170 e. The molecule has 104 valence electrons. The second-order valence-corrected chi connectivity index (χ2v) is 5.55. The highest BCUT2D eigenvalue weighted by molar-refractivity contribution is 7.80. The molecule has 5 heteroatoms. The highest BCUT2D eigenvalue weighted by Gasteiger charge is 1.98.